The molecule has 0 heterocycles. The van der Waals surface area contributed by atoms with Crippen LogP contribution in [-0.2, 0) is 0 Å². The van der Waals surface area contributed by atoms with Crippen LogP contribution in [0.1, 0.15) is 50.4 Å². The molecule has 1 rings (SSSR count). The lowest BCUT2D eigenvalue weighted by Crippen LogP contribution is -3.00. The summed E-state index contributed by atoms with van der Waals surface area (Å²) in [5.74, 6) is 0.0910. The van der Waals surface area contributed by atoms with Gasteiger partial charge in [0.25, 0.3) is 0 Å². The highest BCUT2D eigenvalue weighted by molar-refractivity contribution is 9.10. The van der Waals surface area contributed by atoms with Gasteiger partial charge < -0.3 is 12.4 Å². The van der Waals surface area contributed by atoms with E-state index in [0.29, 0.717) is 0 Å². The summed E-state index contributed by atoms with van der Waals surface area (Å²) in [7, 11) is 0. The first-order valence-corrected chi connectivity index (χ1v) is 8.71. The highest BCUT2D eigenvalue weighted by atomic mass is 79.9. The minimum absolute atomic E-state index is 0. The third-order valence-corrected chi connectivity index (χ3v) is 4.21. The fourth-order valence-electron chi connectivity index (χ4n) is 2.83. The third kappa shape index (κ3) is 6.64. The van der Waals surface area contributed by atoms with Crippen LogP contribution < -0.4 is 12.4 Å². The van der Waals surface area contributed by atoms with E-state index in [1.165, 1.54) is 0 Å². The Balaban J connectivity index is 0.00000441. The van der Waals surface area contributed by atoms with Crippen LogP contribution in [-0.4, -0.2) is 29.9 Å². The molecule has 0 saturated heterocycles. The van der Waals surface area contributed by atoms with Crippen LogP contribution in [0.3, 0.4) is 0 Å². The van der Waals surface area contributed by atoms with Crippen LogP contribution in [0.5, 0.6) is 0 Å². The molecule has 22 heavy (non-hydrogen) atoms. The largest absolute Gasteiger partial charge is 1.00 e. The normalized spacial score (nSPS) is 11.5. The number of halogens is 2. The lowest BCUT2D eigenvalue weighted by atomic mass is 10.1. The molecule has 1 aromatic rings. The van der Waals surface area contributed by atoms with E-state index >= 15 is 0 Å². The van der Waals surface area contributed by atoms with Crippen molar-refractivity contribution < 1.29 is 21.7 Å². The Hall–Kier alpha value is -0.640. The highest BCUT2D eigenvalue weighted by Crippen LogP contribution is 2.15. The third-order valence-electron chi connectivity index (χ3n) is 3.68. The number of nitrogens with zero attached hydrogens (tertiary/aromatic N) is 1. The van der Waals surface area contributed by atoms with Crippen molar-refractivity contribution in [3.63, 3.8) is 0 Å². The van der Waals surface area contributed by atoms with Crippen molar-refractivity contribution in [2.75, 3.05) is 19.6 Å². The fourth-order valence-corrected chi connectivity index (χ4v) is 3.10. The van der Waals surface area contributed by atoms with Crippen molar-refractivity contribution in [1.82, 2.24) is 0 Å². The van der Waals surface area contributed by atoms with E-state index in [1.54, 1.807) is 6.08 Å². The second kappa shape index (κ2) is 11.0. The molecule has 0 saturated carbocycles. The Labute approximate surface area is 149 Å². The summed E-state index contributed by atoms with van der Waals surface area (Å²) in [5.41, 5.74) is 0.747. The molecule has 0 aromatic heterocycles. The molecule has 0 unspecified atom stereocenters. The minimum atomic E-state index is 0. The van der Waals surface area contributed by atoms with E-state index in [1.807, 2.05) is 24.3 Å². The van der Waals surface area contributed by atoms with E-state index in [2.05, 4.69) is 42.9 Å². The van der Waals surface area contributed by atoms with Crippen molar-refractivity contribution in [3.8, 4) is 0 Å². The number of carbonyl (C=O) groups is 1. The second-order valence-corrected chi connectivity index (χ2v) is 6.49. The van der Waals surface area contributed by atoms with Gasteiger partial charge in [-0.3, -0.25) is 9.28 Å². The molecule has 0 atom stereocenters. The average Bonchev–Trinajstić information content (AvgIpc) is 2.46. The topological polar surface area (TPSA) is 17.1 Å². The number of hydrogen-bond acceptors (Lipinski definition) is 1. The smallest absolute Gasteiger partial charge is 0.191 e. The van der Waals surface area contributed by atoms with Crippen LogP contribution in [0, 0.1) is 0 Å². The molecule has 0 aliphatic carbocycles. The summed E-state index contributed by atoms with van der Waals surface area (Å²) in [6.07, 6.45) is 7.30. The summed E-state index contributed by atoms with van der Waals surface area (Å²) in [4.78, 5) is 12.3. The predicted molar refractivity (Wildman–Crippen MR) is 93.3 cm³/mol. The molecular formula is C18H27BrClNO. The maximum Gasteiger partial charge on any atom is 0.191 e. The minimum Gasteiger partial charge on any atom is -1.00 e. The number of rotatable bonds is 9. The number of benzene rings is 1. The van der Waals surface area contributed by atoms with E-state index in [9.17, 15) is 4.79 Å². The molecule has 2 nitrogen and oxygen atoms in total. The Morgan fingerprint density at radius 2 is 1.45 bits per heavy atom. The lowest BCUT2D eigenvalue weighted by molar-refractivity contribution is -0.879. The summed E-state index contributed by atoms with van der Waals surface area (Å²) in [6.45, 7) is 9.94. The Bertz CT molecular complexity index is 453. The van der Waals surface area contributed by atoms with Gasteiger partial charge in [-0.05, 0) is 43.5 Å². The van der Waals surface area contributed by atoms with Crippen LogP contribution >= 0.6 is 15.9 Å². The standard InChI is InChI=1S/C18H27BrNO.ClH/c1-4-12-20(13-5-2,14-6-3)15-11-18(21)16-7-9-17(19)10-8-16;/h7-11,15H,4-6,12-14H2,1-3H3;1H/q+1;/p-1/b15-11+;. The molecule has 124 valence electrons. The molecule has 0 bridgehead atoms. The van der Waals surface area contributed by atoms with Crippen molar-refractivity contribution in [2.24, 2.45) is 0 Å². The molecule has 0 spiro atoms. The SMILES string of the molecule is CCC[N+](/C=C/C(=O)c1ccc(Br)cc1)(CCC)CCC.[Cl-]. The van der Waals surface area contributed by atoms with Crippen molar-refractivity contribution in [1.29, 1.82) is 0 Å². The monoisotopic (exact) mass is 387 g/mol. The maximum absolute atomic E-state index is 12.3. The van der Waals surface area contributed by atoms with E-state index in [4.69, 9.17) is 0 Å². The highest BCUT2D eigenvalue weighted by Gasteiger charge is 2.22. The van der Waals surface area contributed by atoms with Gasteiger partial charge in [0.2, 0.25) is 0 Å². The van der Waals surface area contributed by atoms with Gasteiger partial charge in [-0.1, -0.05) is 36.7 Å². The van der Waals surface area contributed by atoms with Crippen LogP contribution in [0.25, 0.3) is 0 Å². The Morgan fingerprint density at radius 1 is 1.00 bits per heavy atom. The zero-order chi connectivity index (χ0) is 15.7. The molecule has 0 N–H and O–H groups in total. The first-order chi connectivity index (χ1) is 10.1. The molecule has 4 heteroatoms. The average molecular weight is 389 g/mol. The number of quaternary nitrogens is 1. The van der Waals surface area contributed by atoms with Crippen LogP contribution in [0.2, 0.25) is 0 Å². The number of carbonyl (C=O) groups excluding carboxylic acids is 1. The fraction of sp³-hybridized carbons (Fsp3) is 0.500. The zero-order valence-corrected chi connectivity index (χ0v) is 16.2. The molecule has 0 aliphatic heterocycles. The van der Waals surface area contributed by atoms with Gasteiger partial charge in [0.15, 0.2) is 5.78 Å². The van der Waals surface area contributed by atoms with Gasteiger partial charge in [0.1, 0.15) is 0 Å². The lowest BCUT2D eigenvalue weighted by Gasteiger charge is -2.34. The summed E-state index contributed by atoms with van der Waals surface area (Å²) in [5, 5.41) is 0. The molecule has 0 aliphatic rings. The zero-order valence-electron chi connectivity index (χ0n) is 13.8. The molecular weight excluding hydrogens is 362 g/mol. The molecule has 0 fully saturated rings. The second-order valence-electron chi connectivity index (χ2n) is 5.58. The van der Waals surface area contributed by atoms with E-state index in [0.717, 1.165) is 53.4 Å². The first-order valence-electron chi connectivity index (χ1n) is 7.91. The van der Waals surface area contributed by atoms with Crippen molar-refractivity contribution in [2.45, 2.75) is 40.0 Å². The van der Waals surface area contributed by atoms with Gasteiger partial charge in [-0.2, -0.15) is 0 Å². The Kier molecular flexibility index (Phi) is 10.7. The number of ketones is 1. The van der Waals surface area contributed by atoms with Crippen LogP contribution in [0.4, 0.5) is 0 Å². The Morgan fingerprint density at radius 3 is 1.86 bits per heavy atom. The quantitative estimate of drug-likeness (QED) is 0.360. The molecule has 0 radical (unpaired) electrons. The summed E-state index contributed by atoms with van der Waals surface area (Å²) in [6, 6.07) is 7.55. The van der Waals surface area contributed by atoms with Gasteiger partial charge in [-0.15, -0.1) is 0 Å². The maximum atomic E-state index is 12.3. The number of allylic oxidation sites excluding steroid dienone is 1. The molecule has 1 aromatic carbocycles. The van der Waals surface area contributed by atoms with E-state index < -0.39 is 0 Å². The first kappa shape index (κ1) is 21.4. The predicted octanol–water partition coefficient (Wildman–Crippen LogP) is 2.20. The van der Waals surface area contributed by atoms with Gasteiger partial charge in [-0.25, -0.2) is 0 Å². The van der Waals surface area contributed by atoms with E-state index in [-0.39, 0.29) is 18.2 Å². The van der Waals surface area contributed by atoms with Crippen molar-refractivity contribution >= 4 is 21.7 Å². The van der Waals surface area contributed by atoms with Gasteiger partial charge >= 0.3 is 0 Å². The summed E-state index contributed by atoms with van der Waals surface area (Å²) < 4.78 is 1.92. The van der Waals surface area contributed by atoms with Crippen LogP contribution in [0.15, 0.2) is 41.0 Å². The number of hydrogen-bond donors (Lipinski definition) is 0. The molecule has 0 amide bonds. The van der Waals surface area contributed by atoms with Gasteiger partial charge in [0, 0.05) is 16.1 Å². The van der Waals surface area contributed by atoms with Gasteiger partial charge in [0.05, 0.1) is 25.8 Å². The van der Waals surface area contributed by atoms with Crippen molar-refractivity contribution in [3.05, 3.63) is 46.6 Å². The summed E-state index contributed by atoms with van der Waals surface area (Å²) >= 11 is 3.39.